The molecule has 3 heterocycles. The first-order valence-corrected chi connectivity index (χ1v) is 9.53. The molecule has 2 aromatic rings. The zero-order chi connectivity index (χ0) is 18.5. The van der Waals surface area contributed by atoms with Crippen molar-refractivity contribution >= 4 is 5.91 Å². The molecule has 5 rings (SSSR count). The van der Waals surface area contributed by atoms with Crippen LogP contribution in [0.15, 0.2) is 35.3 Å². The van der Waals surface area contributed by atoms with E-state index in [-0.39, 0.29) is 23.8 Å². The number of rotatable bonds is 2. The van der Waals surface area contributed by atoms with Crippen LogP contribution in [0, 0.1) is 18.8 Å². The Morgan fingerprint density at radius 2 is 1.81 bits per heavy atom. The van der Waals surface area contributed by atoms with E-state index in [1.807, 2.05) is 17.9 Å². The van der Waals surface area contributed by atoms with Gasteiger partial charge in [0.05, 0.1) is 5.69 Å². The Kier molecular flexibility index (Phi) is 3.74. The van der Waals surface area contributed by atoms with Crippen LogP contribution in [0.2, 0.25) is 0 Å². The predicted molar refractivity (Wildman–Crippen MR) is 99.6 cm³/mol. The molecule has 0 bridgehead atoms. The molecule has 3 aliphatic rings. The summed E-state index contributed by atoms with van der Waals surface area (Å²) in [5.74, 6) is 2.35. The van der Waals surface area contributed by atoms with Crippen LogP contribution in [0.4, 0.5) is 0 Å². The molecular formula is C21H22N2O4. The van der Waals surface area contributed by atoms with Gasteiger partial charge in [0.1, 0.15) is 5.56 Å². The lowest BCUT2D eigenvalue weighted by molar-refractivity contribution is 0.0777. The minimum atomic E-state index is -0.282. The first kappa shape index (κ1) is 16.4. The third-order valence-corrected chi connectivity index (χ3v) is 6.16. The van der Waals surface area contributed by atoms with Gasteiger partial charge in [0.15, 0.2) is 11.5 Å². The van der Waals surface area contributed by atoms with Gasteiger partial charge in [-0.1, -0.05) is 6.42 Å². The number of carbonyl (C=O) groups is 1. The van der Waals surface area contributed by atoms with Crippen molar-refractivity contribution in [2.24, 2.45) is 11.8 Å². The van der Waals surface area contributed by atoms with Gasteiger partial charge in [-0.05, 0) is 55.4 Å². The fourth-order valence-electron chi connectivity index (χ4n) is 4.68. The van der Waals surface area contributed by atoms with E-state index in [0.29, 0.717) is 29.0 Å². The summed E-state index contributed by atoms with van der Waals surface area (Å²) in [5.41, 5.74) is 1.38. The van der Waals surface area contributed by atoms with Crippen LogP contribution in [0.1, 0.15) is 35.2 Å². The molecule has 1 aromatic carbocycles. The van der Waals surface area contributed by atoms with E-state index in [0.717, 1.165) is 18.7 Å². The molecule has 2 atom stereocenters. The average molecular weight is 366 g/mol. The van der Waals surface area contributed by atoms with E-state index in [2.05, 4.69) is 0 Å². The number of likely N-dealkylation sites (tertiary alicyclic amines) is 1. The van der Waals surface area contributed by atoms with Crippen molar-refractivity contribution in [2.75, 3.05) is 19.9 Å². The van der Waals surface area contributed by atoms with Crippen LogP contribution in [-0.4, -0.2) is 35.3 Å². The molecule has 0 unspecified atom stereocenters. The van der Waals surface area contributed by atoms with E-state index >= 15 is 0 Å². The van der Waals surface area contributed by atoms with Gasteiger partial charge in [0.25, 0.3) is 11.5 Å². The Morgan fingerprint density at radius 1 is 1.07 bits per heavy atom. The molecule has 1 amide bonds. The summed E-state index contributed by atoms with van der Waals surface area (Å²) in [6.07, 6.45) is 5.37. The highest BCUT2D eigenvalue weighted by atomic mass is 16.7. The van der Waals surface area contributed by atoms with Crippen molar-refractivity contribution in [3.05, 3.63) is 51.9 Å². The second-order valence-corrected chi connectivity index (χ2v) is 7.75. The summed E-state index contributed by atoms with van der Waals surface area (Å²) < 4.78 is 12.3. The minimum absolute atomic E-state index is 0.137. The van der Waals surface area contributed by atoms with Crippen molar-refractivity contribution < 1.29 is 14.3 Å². The molecule has 2 aliphatic heterocycles. The van der Waals surface area contributed by atoms with E-state index in [1.54, 1.807) is 24.4 Å². The average Bonchev–Trinajstić information content (AvgIpc) is 3.36. The molecular weight excluding hydrogens is 344 g/mol. The van der Waals surface area contributed by atoms with Gasteiger partial charge in [-0.2, -0.15) is 0 Å². The largest absolute Gasteiger partial charge is 0.454 e. The molecule has 1 aliphatic carbocycles. The van der Waals surface area contributed by atoms with Crippen LogP contribution < -0.4 is 15.0 Å². The molecule has 1 saturated carbocycles. The molecule has 6 heteroatoms. The van der Waals surface area contributed by atoms with Crippen molar-refractivity contribution in [1.82, 2.24) is 9.47 Å². The lowest BCUT2D eigenvalue weighted by Crippen LogP contribution is -2.36. The molecule has 140 valence electrons. The summed E-state index contributed by atoms with van der Waals surface area (Å²) >= 11 is 0. The summed E-state index contributed by atoms with van der Waals surface area (Å²) in [4.78, 5) is 28.2. The third-order valence-electron chi connectivity index (χ3n) is 6.16. The molecule has 1 aromatic heterocycles. The van der Waals surface area contributed by atoms with E-state index in [4.69, 9.17) is 9.47 Å². The highest BCUT2D eigenvalue weighted by Crippen LogP contribution is 2.38. The number of fused-ring (bicyclic) bond motifs is 2. The van der Waals surface area contributed by atoms with Crippen LogP contribution in [0.25, 0.3) is 5.69 Å². The quantitative estimate of drug-likeness (QED) is 0.820. The topological polar surface area (TPSA) is 60.8 Å². The van der Waals surface area contributed by atoms with Gasteiger partial charge in [-0.3, -0.25) is 14.2 Å². The second kappa shape index (κ2) is 6.15. The van der Waals surface area contributed by atoms with Gasteiger partial charge < -0.3 is 14.4 Å². The predicted octanol–water partition coefficient (Wildman–Crippen LogP) is 2.75. The van der Waals surface area contributed by atoms with Crippen molar-refractivity contribution in [1.29, 1.82) is 0 Å². The number of carbonyl (C=O) groups excluding carboxylic acids is 1. The maximum Gasteiger partial charge on any atom is 0.268 e. The number of benzene rings is 1. The number of nitrogens with zero attached hydrogens (tertiary/aromatic N) is 2. The zero-order valence-electron chi connectivity index (χ0n) is 15.3. The van der Waals surface area contributed by atoms with Gasteiger partial charge in [-0.25, -0.2) is 0 Å². The smallest absolute Gasteiger partial charge is 0.268 e. The molecule has 0 radical (unpaired) electrons. The summed E-state index contributed by atoms with van der Waals surface area (Å²) in [6.45, 7) is 3.57. The molecule has 0 N–H and O–H groups in total. The Balaban J connectivity index is 1.51. The number of ether oxygens (including phenoxy) is 2. The molecule has 1 saturated heterocycles. The van der Waals surface area contributed by atoms with Crippen molar-refractivity contribution in [2.45, 2.75) is 26.2 Å². The molecule has 6 nitrogen and oxygen atoms in total. The number of aryl methyl sites for hydroxylation is 1. The van der Waals surface area contributed by atoms with Crippen LogP contribution in [0.5, 0.6) is 11.5 Å². The summed E-state index contributed by atoms with van der Waals surface area (Å²) in [6, 6.07) is 7.19. The first-order chi connectivity index (χ1) is 13.1. The molecule has 27 heavy (non-hydrogen) atoms. The maximum atomic E-state index is 13.2. The van der Waals surface area contributed by atoms with Crippen LogP contribution >= 0.6 is 0 Å². The highest BCUT2D eigenvalue weighted by Gasteiger charge is 2.39. The lowest BCUT2D eigenvalue weighted by Gasteiger charge is -2.19. The Bertz CT molecular complexity index is 969. The monoisotopic (exact) mass is 366 g/mol. The maximum absolute atomic E-state index is 13.2. The Labute approximate surface area is 157 Å². The Hall–Kier alpha value is -2.76. The number of aromatic nitrogens is 1. The molecule has 0 spiro atoms. The number of hydrogen-bond acceptors (Lipinski definition) is 4. The van der Waals surface area contributed by atoms with Crippen molar-refractivity contribution in [3.8, 4) is 17.2 Å². The van der Waals surface area contributed by atoms with E-state index in [1.165, 1.54) is 23.8 Å². The third kappa shape index (κ3) is 2.62. The summed E-state index contributed by atoms with van der Waals surface area (Å²) in [5, 5.41) is 0. The van der Waals surface area contributed by atoms with Crippen LogP contribution in [0.3, 0.4) is 0 Å². The normalized spacial score (nSPS) is 22.9. The summed E-state index contributed by atoms with van der Waals surface area (Å²) in [7, 11) is 0. The highest BCUT2D eigenvalue weighted by molar-refractivity contribution is 5.95. The van der Waals surface area contributed by atoms with E-state index in [9.17, 15) is 9.59 Å². The second-order valence-electron chi connectivity index (χ2n) is 7.75. The number of amides is 1. The fourth-order valence-corrected chi connectivity index (χ4v) is 4.68. The standard InChI is InChI=1S/C21H22N2O4/c1-13-7-8-23(16-5-6-17-18(9-16)27-12-26-17)21(25)19(13)20(24)22-10-14-3-2-4-15(14)11-22/h5-9,14-15H,2-4,10-12H2,1H3/t14-,15+. The van der Waals surface area contributed by atoms with Crippen molar-refractivity contribution in [3.63, 3.8) is 0 Å². The SMILES string of the molecule is Cc1ccn(-c2ccc3c(c2)OCO3)c(=O)c1C(=O)N1C[C@H]2CCC[C@H]2C1. The number of pyridine rings is 1. The Morgan fingerprint density at radius 3 is 2.59 bits per heavy atom. The fraction of sp³-hybridized carbons (Fsp3) is 0.429. The van der Waals surface area contributed by atoms with Gasteiger partial charge in [-0.15, -0.1) is 0 Å². The van der Waals surface area contributed by atoms with Gasteiger partial charge >= 0.3 is 0 Å². The zero-order valence-corrected chi connectivity index (χ0v) is 15.3. The minimum Gasteiger partial charge on any atom is -0.454 e. The molecule has 2 fully saturated rings. The van der Waals surface area contributed by atoms with Gasteiger partial charge in [0.2, 0.25) is 6.79 Å². The first-order valence-electron chi connectivity index (χ1n) is 9.53. The van der Waals surface area contributed by atoms with Crippen LogP contribution in [-0.2, 0) is 0 Å². The van der Waals surface area contributed by atoms with E-state index < -0.39 is 0 Å². The lowest BCUT2D eigenvalue weighted by atomic mass is 10.0. The number of hydrogen-bond donors (Lipinski definition) is 0. The van der Waals surface area contributed by atoms with Gasteiger partial charge in [0, 0.05) is 25.4 Å².